The lowest BCUT2D eigenvalue weighted by atomic mass is 9.88. The minimum atomic E-state index is 0.0456. The standard InChI is InChI=1S/C12H20N2O/c1-5-7-14-11(12(2,3)4)10(6-8-15)9-13-14/h8-9H,5-7H2,1-4H3. The predicted octanol–water partition coefficient (Wildman–Crippen LogP) is 2.33. The van der Waals surface area contributed by atoms with E-state index in [1.54, 1.807) is 0 Å². The van der Waals surface area contributed by atoms with Crippen LogP contribution in [0.2, 0.25) is 0 Å². The normalized spacial score (nSPS) is 11.7. The number of rotatable bonds is 4. The SMILES string of the molecule is CCCn1ncc(CC=O)c1C(C)(C)C. The fourth-order valence-corrected chi connectivity index (χ4v) is 1.91. The molecule has 0 saturated carbocycles. The molecule has 0 N–H and O–H groups in total. The van der Waals surface area contributed by atoms with Crippen molar-refractivity contribution in [2.24, 2.45) is 0 Å². The van der Waals surface area contributed by atoms with E-state index < -0.39 is 0 Å². The van der Waals surface area contributed by atoms with Gasteiger partial charge in [0.25, 0.3) is 0 Å². The van der Waals surface area contributed by atoms with Crippen LogP contribution in [0.3, 0.4) is 0 Å². The first-order valence-electron chi connectivity index (χ1n) is 5.49. The van der Waals surface area contributed by atoms with Crippen LogP contribution < -0.4 is 0 Å². The Labute approximate surface area is 91.5 Å². The van der Waals surface area contributed by atoms with Crippen molar-refractivity contribution in [1.29, 1.82) is 0 Å². The topological polar surface area (TPSA) is 34.9 Å². The van der Waals surface area contributed by atoms with Crippen molar-refractivity contribution < 1.29 is 4.79 Å². The van der Waals surface area contributed by atoms with E-state index in [0.29, 0.717) is 6.42 Å². The number of nitrogens with zero attached hydrogens (tertiary/aromatic N) is 2. The third kappa shape index (κ3) is 2.67. The van der Waals surface area contributed by atoms with E-state index in [0.717, 1.165) is 24.8 Å². The zero-order chi connectivity index (χ0) is 11.5. The largest absolute Gasteiger partial charge is 0.303 e. The lowest BCUT2D eigenvalue weighted by Crippen LogP contribution is -2.20. The summed E-state index contributed by atoms with van der Waals surface area (Å²) in [6.45, 7) is 9.53. The summed E-state index contributed by atoms with van der Waals surface area (Å²) >= 11 is 0. The summed E-state index contributed by atoms with van der Waals surface area (Å²) < 4.78 is 2.03. The number of hydrogen-bond acceptors (Lipinski definition) is 2. The van der Waals surface area contributed by atoms with Crippen LogP contribution in [0.1, 0.15) is 45.4 Å². The van der Waals surface area contributed by atoms with Gasteiger partial charge >= 0.3 is 0 Å². The van der Waals surface area contributed by atoms with E-state index in [2.05, 4.69) is 32.8 Å². The molecule has 1 aromatic rings. The number of carbonyl (C=O) groups is 1. The molecule has 0 fully saturated rings. The molecule has 3 nitrogen and oxygen atoms in total. The Morgan fingerprint density at radius 1 is 1.47 bits per heavy atom. The highest BCUT2D eigenvalue weighted by atomic mass is 16.1. The number of hydrogen-bond donors (Lipinski definition) is 0. The highest BCUT2D eigenvalue weighted by molar-refractivity contribution is 5.55. The van der Waals surface area contributed by atoms with Gasteiger partial charge < -0.3 is 4.79 Å². The summed E-state index contributed by atoms with van der Waals surface area (Å²) in [5.41, 5.74) is 2.30. The molecule has 0 unspecified atom stereocenters. The van der Waals surface area contributed by atoms with Gasteiger partial charge in [0.05, 0.1) is 6.20 Å². The molecule has 0 atom stereocenters. The van der Waals surface area contributed by atoms with Crippen LogP contribution in [0.15, 0.2) is 6.20 Å². The lowest BCUT2D eigenvalue weighted by molar-refractivity contribution is -0.107. The Morgan fingerprint density at radius 2 is 2.13 bits per heavy atom. The second-order valence-corrected chi connectivity index (χ2v) is 4.86. The molecule has 1 rings (SSSR count). The van der Waals surface area contributed by atoms with Crippen molar-refractivity contribution in [3.63, 3.8) is 0 Å². The first-order valence-corrected chi connectivity index (χ1v) is 5.49. The van der Waals surface area contributed by atoms with Gasteiger partial charge in [-0.1, -0.05) is 27.7 Å². The first kappa shape index (κ1) is 12.0. The van der Waals surface area contributed by atoms with Crippen LogP contribution in [-0.4, -0.2) is 16.1 Å². The van der Waals surface area contributed by atoms with E-state index in [4.69, 9.17) is 0 Å². The van der Waals surface area contributed by atoms with E-state index in [9.17, 15) is 4.79 Å². The van der Waals surface area contributed by atoms with E-state index in [1.807, 2.05) is 10.9 Å². The second-order valence-electron chi connectivity index (χ2n) is 4.86. The van der Waals surface area contributed by atoms with Crippen LogP contribution in [-0.2, 0) is 23.2 Å². The Balaban J connectivity index is 3.14. The van der Waals surface area contributed by atoms with Gasteiger partial charge in [0.15, 0.2) is 0 Å². The van der Waals surface area contributed by atoms with Gasteiger partial charge in [-0.25, -0.2) is 0 Å². The van der Waals surface area contributed by atoms with Crippen LogP contribution in [0.5, 0.6) is 0 Å². The highest BCUT2D eigenvalue weighted by Gasteiger charge is 2.22. The van der Waals surface area contributed by atoms with Gasteiger partial charge in [-0.2, -0.15) is 5.10 Å². The van der Waals surface area contributed by atoms with Crippen LogP contribution in [0, 0.1) is 0 Å². The van der Waals surface area contributed by atoms with Crippen molar-refractivity contribution in [1.82, 2.24) is 9.78 Å². The molecule has 0 aliphatic rings. The van der Waals surface area contributed by atoms with E-state index in [1.165, 1.54) is 5.69 Å². The first-order chi connectivity index (χ1) is 7.00. The van der Waals surface area contributed by atoms with Gasteiger partial charge in [0.1, 0.15) is 6.29 Å². The average molecular weight is 208 g/mol. The number of aldehydes is 1. The molecule has 3 heteroatoms. The Hall–Kier alpha value is -1.12. The summed E-state index contributed by atoms with van der Waals surface area (Å²) in [5.74, 6) is 0. The lowest BCUT2D eigenvalue weighted by Gasteiger charge is -2.22. The molecule has 0 aliphatic heterocycles. The second kappa shape index (κ2) is 4.60. The maximum atomic E-state index is 10.6. The van der Waals surface area contributed by atoms with E-state index in [-0.39, 0.29) is 5.41 Å². The quantitative estimate of drug-likeness (QED) is 0.712. The molecule has 0 spiro atoms. The molecule has 0 radical (unpaired) electrons. The third-order valence-electron chi connectivity index (χ3n) is 2.36. The van der Waals surface area contributed by atoms with E-state index >= 15 is 0 Å². The van der Waals surface area contributed by atoms with Gasteiger partial charge in [-0.15, -0.1) is 0 Å². The molecule has 15 heavy (non-hydrogen) atoms. The van der Waals surface area contributed by atoms with Crippen molar-refractivity contribution in [2.75, 3.05) is 0 Å². The maximum absolute atomic E-state index is 10.6. The summed E-state index contributed by atoms with van der Waals surface area (Å²) in [7, 11) is 0. The number of aryl methyl sites for hydroxylation is 1. The van der Waals surface area contributed by atoms with Crippen LogP contribution >= 0.6 is 0 Å². The Kier molecular flexibility index (Phi) is 3.66. The van der Waals surface area contributed by atoms with Crippen LogP contribution in [0.4, 0.5) is 0 Å². The monoisotopic (exact) mass is 208 g/mol. The number of aromatic nitrogens is 2. The van der Waals surface area contributed by atoms with Crippen molar-refractivity contribution >= 4 is 6.29 Å². The predicted molar refractivity (Wildman–Crippen MR) is 61.0 cm³/mol. The molecule has 1 aromatic heterocycles. The molecule has 0 amide bonds. The summed E-state index contributed by atoms with van der Waals surface area (Å²) in [6, 6.07) is 0. The molecule has 0 bridgehead atoms. The fraction of sp³-hybridized carbons (Fsp3) is 0.667. The zero-order valence-electron chi connectivity index (χ0n) is 10.1. The smallest absolute Gasteiger partial charge is 0.124 e. The van der Waals surface area contributed by atoms with Gasteiger partial charge in [-0.3, -0.25) is 4.68 Å². The van der Waals surface area contributed by atoms with Gasteiger partial charge in [0.2, 0.25) is 0 Å². The van der Waals surface area contributed by atoms with Crippen molar-refractivity contribution in [3.8, 4) is 0 Å². The molecular formula is C12H20N2O. The molecule has 0 aliphatic carbocycles. The van der Waals surface area contributed by atoms with Crippen LogP contribution in [0.25, 0.3) is 0 Å². The minimum absolute atomic E-state index is 0.0456. The Bertz CT molecular complexity index is 334. The minimum Gasteiger partial charge on any atom is -0.303 e. The average Bonchev–Trinajstić information content (AvgIpc) is 2.48. The summed E-state index contributed by atoms with van der Waals surface area (Å²) in [5, 5.41) is 4.35. The molecule has 0 saturated heterocycles. The van der Waals surface area contributed by atoms with Crippen molar-refractivity contribution in [2.45, 2.75) is 52.5 Å². The third-order valence-corrected chi connectivity index (χ3v) is 2.36. The zero-order valence-corrected chi connectivity index (χ0v) is 10.1. The molecule has 0 aromatic carbocycles. The molecule has 1 heterocycles. The maximum Gasteiger partial charge on any atom is 0.124 e. The Morgan fingerprint density at radius 3 is 2.60 bits per heavy atom. The summed E-state index contributed by atoms with van der Waals surface area (Å²) in [4.78, 5) is 10.6. The van der Waals surface area contributed by atoms with Gasteiger partial charge in [0, 0.05) is 29.6 Å². The van der Waals surface area contributed by atoms with Gasteiger partial charge in [-0.05, 0) is 6.42 Å². The molecule has 84 valence electrons. The summed E-state index contributed by atoms with van der Waals surface area (Å²) in [6.07, 6.45) is 4.30. The number of carbonyl (C=O) groups excluding carboxylic acids is 1. The fourth-order valence-electron chi connectivity index (χ4n) is 1.91. The molecular weight excluding hydrogens is 188 g/mol. The highest BCUT2D eigenvalue weighted by Crippen LogP contribution is 2.26. The van der Waals surface area contributed by atoms with Crippen molar-refractivity contribution in [3.05, 3.63) is 17.5 Å².